The quantitative estimate of drug-likeness (QED) is 0.840. The summed E-state index contributed by atoms with van der Waals surface area (Å²) in [4.78, 5) is 11.9. The highest BCUT2D eigenvalue weighted by molar-refractivity contribution is 6.31. The monoisotopic (exact) mass is 260 g/mol. The van der Waals surface area contributed by atoms with Crippen molar-refractivity contribution in [2.75, 3.05) is 0 Å². The van der Waals surface area contributed by atoms with Crippen LogP contribution in [0.3, 0.4) is 0 Å². The van der Waals surface area contributed by atoms with E-state index in [1.54, 1.807) is 18.2 Å². The van der Waals surface area contributed by atoms with Crippen molar-refractivity contribution < 1.29 is 4.79 Å². The predicted octanol–water partition coefficient (Wildman–Crippen LogP) is 3.58. The summed E-state index contributed by atoms with van der Waals surface area (Å²) in [6, 6.07) is 15.1. The maximum Gasteiger partial charge on any atom is 0.251 e. The molecule has 0 atom stereocenters. The molecule has 0 saturated heterocycles. The van der Waals surface area contributed by atoms with E-state index in [0.717, 1.165) is 11.1 Å². The molecule has 18 heavy (non-hydrogen) atoms. The van der Waals surface area contributed by atoms with Crippen LogP contribution in [0.15, 0.2) is 48.5 Å². The molecule has 0 radical (unpaired) electrons. The van der Waals surface area contributed by atoms with E-state index in [-0.39, 0.29) is 5.91 Å². The van der Waals surface area contributed by atoms with Crippen LogP contribution >= 0.6 is 11.6 Å². The number of benzene rings is 2. The van der Waals surface area contributed by atoms with E-state index in [0.29, 0.717) is 17.1 Å². The third-order valence-electron chi connectivity index (χ3n) is 2.72. The molecule has 2 aromatic rings. The van der Waals surface area contributed by atoms with E-state index in [2.05, 4.69) is 5.32 Å². The van der Waals surface area contributed by atoms with Gasteiger partial charge in [-0.25, -0.2) is 0 Å². The van der Waals surface area contributed by atoms with Gasteiger partial charge in [-0.15, -0.1) is 0 Å². The van der Waals surface area contributed by atoms with Crippen molar-refractivity contribution >= 4 is 17.5 Å². The van der Waals surface area contributed by atoms with Crippen molar-refractivity contribution in [3.05, 3.63) is 70.2 Å². The fraction of sp³-hybridized carbons (Fsp3) is 0.133. The molecule has 0 saturated carbocycles. The number of amides is 1. The Morgan fingerprint density at radius 1 is 1.17 bits per heavy atom. The van der Waals surface area contributed by atoms with Crippen molar-refractivity contribution in [2.24, 2.45) is 0 Å². The highest BCUT2D eigenvalue weighted by atomic mass is 35.5. The Bertz CT molecular complexity index is 552. The maximum absolute atomic E-state index is 11.9. The Morgan fingerprint density at radius 2 is 1.89 bits per heavy atom. The molecule has 0 bridgehead atoms. The van der Waals surface area contributed by atoms with Gasteiger partial charge in [0.25, 0.3) is 5.91 Å². The van der Waals surface area contributed by atoms with Gasteiger partial charge in [-0.1, -0.05) is 41.9 Å². The third-order valence-corrected chi connectivity index (χ3v) is 3.14. The lowest BCUT2D eigenvalue weighted by atomic mass is 10.2. The van der Waals surface area contributed by atoms with Crippen LogP contribution in [0.2, 0.25) is 5.02 Å². The van der Waals surface area contributed by atoms with Gasteiger partial charge in [0.2, 0.25) is 0 Å². The summed E-state index contributed by atoms with van der Waals surface area (Å²) >= 11 is 5.93. The summed E-state index contributed by atoms with van der Waals surface area (Å²) in [5.74, 6) is -0.0846. The van der Waals surface area contributed by atoms with Gasteiger partial charge in [0.05, 0.1) is 0 Å². The topological polar surface area (TPSA) is 29.1 Å². The molecular formula is C15H14ClNO. The molecule has 0 fully saturated rings. The first-order valence-electron chi connectivity index (χ1n) is 5.75. The van der Waals surface area contributed by atoms with Gasteiger partial charge in [-0.05, 0) is 36.2 Å². The first-order chi connectivity index (χ1) is 8.66. The van der Waals surface area contributed by atoms with Crippen molar-refractivity contribution in [2.45, 2.75) is 13.5 Å². The third kappa shape index (κ3) is 3.11. The van der Waals surface area contributed by atoms with Crippen LogP contribution in [0, 0.1) is 6.92 Å². The highest BCUT2D eigenvalue weighted by Crippen LogP contribution is 2.16. The SMILES string of the molecule is Cc1cc([13C](=O)NCc2ccccc2)ccc1Cl. The molecule has 0 aliphatic rings. The molecular weight excluding hydrogens is 247 g/mol. The number of carbonyl (C=O) groups is 1. The molecule has 1 amide bonds. The van der Waals surface area contributed by atoms with Crippen LogP contribution in [0.5, 0.6) is 0 Å². The second-order valence-electron chi connectivity index (χ2n) is 4.13. The van der Waals surface area contributed by atoms with Crippen LogP contribution in [0.4, 0.5) is 0 Å². The largest absolute Gasteiger partial charge is 0.348 e. The normalized spacial score (nSPS) is 10.1. The highest BCUT2D eigenvalue weighted by Gasteiger charge is 2.06. The minimum Gasteiger partial charge on any atom is -0.348 e. The molecule has 3 heteroatoms. The van der Waals surface area contributed by atoms with Gasteiger partial charge in [-0.2, -0.15) is 0 Å². The first-order valence-corrected chi connectivity index (χ1v) is 6.13. The maximum atomic E-state index is 11.9. The molecule has 0 aliphatic heterocycles. The van der Waals surface area contributed by atoms with Gasteiger partial charge in [0.1, 0.15) is 0 Å². The summed E-state index contributed by atoms with van der Waals surface area (Å²) in [5.41, 5.74) is 2.62. The Labute approximate surface area is 112 Å². The first kappa shape index (κ1) is 12.7. The predicted molar refractivity (Wildman–Crippen MR) is 73.8 cm³/mol. The minimum absolute atomic E-state index is 0.0846. The molecule has 2 aromatic carbocycles. The number of halogens is 1. The van der Waals surface area contributed by atoms with Gasteiger partial charge in [0, 0.05) is 17.1 Å². The number of hydrogen-bond donors (Lipinski definition) is 1. The fourth-order valence-corrected chi connectivity index (χ4v) is 1.78. The van der Waals surface area contributed by atoms with Crippen LogP contribution in [-0.2, 0) is 6.54 Å². The van der Waals surface area contributed by atoms with E-state index < -0.39 is 0 Å². The lowest BCUT2D eigenvalue weighted by molar-refractivity contribution is 0.0951. The second kappa shape index (κ2) is 5.69. The summed E-state index contributed by atoms with van der Waals surface area (Å²) in [7, 11) is 0. The molecule has 1 N–H and O–H groups in total. The molecule has 2 rings (SSSR count). The fourth-order valence-electron chi connectivity index (χ4n) is 1.67. The number of aryl methyl sites for hydroxylation is 1. The summed E-state index contributed by atoms with van der Waals surface area (Å²) in [6.07, 6.45) is 0. The van der Waals surface area contributed by atoms with E-state index in [1.165, 1.54) is 0 Å². The van der Waals surface area contributed by atoms with Gasteiger partial charge in [0.15, 0.2) is 0 Å². The van der Waals surface area contributed by atoms with Crippen LogP contribution < -0.4 is 5.32 Å². The van der Waals surface area contributed by atoms with Crippen molar-refractivity contribution in [1.29, 1.82) is 0 Å². The summed E-state index contributed by atoms with van der Waals surface area (Å²) in [5, 5.41) is 3.56. The lowest BCUT2D eigenvalue weighted by Crippen LogP contribution is -2.22. The summed E-state index contributed by atoms with van der Waals surface area (Å²) < 4.78 is 0. The van der Waals surface area contributed by atoms with E-state index in [4.69, 9.17) is 11.6 Å². The number of nitrogens with one attached hydrogen (secondary N) is 1. The molecule has 0 spiro atoms. The average Bonchev–Trinajstić information content (AvgIpc) is 2.40. The van der Waals surface area contributed by atoms with Crippen LogP contribution in [0.1, 0.15) is 21.5 Å². The molecule has 0 aromatic heterocycles. The van der Waals surface area contributed by atoms with Gasteiger partial charge in [-0.3, -0.25) is 4.79 Å². The number of hydrogen-bond acceptors (Lipinski definition) is 1. The van der Waals surface area contributed by atoms with E-state index >= 15 is 0 Å². The van der Waals surface area contributed by atoms with Crippen molar-refractivity contribution in [3.63, 3.8) is 0 Å². The molecule has 92 valence electrons. The zero-order chi connectivity index (χ0) is 13.0. The minimum atomic E-state index is -0.0846. The molecule has 0 heterocycles. The number of rotatable bonds is 3. The van der Waals surface area contributed by atoms with E-state index in [9.17, 15) is 4.79 Å². The zero-order valence-corrected chi connectivity index (χ0v) is 10.9. The van der Waals surface area contributed by atoms with Gasteiger partial charge >= 0.3 is 0 Å². The van der Waals surface area contributed by atoms with Crippen LogP contribution in [0.25, 0.3) is 0 Å². The van der Waals surface area contributed by atoms with E-state index in [1.807, 2.05) is 37.3 Å². The summed E-state index contributed by atoms with van der Waals surface area (Å²) in [6.45, 7) is 2.41. The Morgan fingerprint density at radius 3 is 2.56 bits per heavy atom. The molecule has 0 unspecified atom stereocenters. The Hall–Kier alpha value is -1.80. The Balaban J connectivity index is 2.02. The lowest BCUT2D eigenvalue weighted by Gasteiger charge is -2.06. The van der Waals surface area contributed by atoms with Crippen LogP contribution in [-0.4, -0.2) is 5.91 Å². The second-order valence-corrected chi connectivity index (χ2v) is 4.54. The smallest absolute Gasteiger partial charge is 0.251 e. The average molecular weight is 261 g/mol. The molecule has 2 nitrogen and oxygen atoms in total. The molecule has 0 aliphatic carbocycles. The van der Waals surface area contributed by atoms with Gasteiger partial charge < -0.3 is 5.32 Å². The van der Waals surface area contributed by atoms with Crippen molar-refractivity contribution in [3.8, 4) is 0 Å². The zero-order valence-electron chi connectivity index (χ0n) is 10.1. The standard InChI is InChI=1S/C15H14ClNO/c1-11-9-13(7-8-14(11)16)15(18)17-10-12-5-3-2-4-6-12/h2-9H,10H2,1H3,(H,17,18)/i15+1. The number of carbonyl (C=O) groups excluding carboxylic acids is 1. The van der Waals surface area contributed by atoms with Crippen molar-refractivity contribution in [1.82, 2.24) is 5.32 Å². The Kier molecular flexibility index (Phi) is 4.00.